The van der Waals surface area contributed by atoms with Gasteiger partial charge in [-0.05, 0) is 18.3 Å². The summed E-state index contributed by atoms with van der Waals surface area (Å²) in [6, 6.07) is 0. The number of rotatable bonds is 6. The molecule has 15 heavy (non-hydrogen) atoms. The molecule has 1 amide bonds. The third-order valence-electron chi connectivity index (χ3n) is 2.10. The maximum absolute atomic E-state index is 10.8. The van der Waals surface area contributed by atoms with Crippen LogP contribution in [0, 0.1) is 5.41 Å². The maximum atomic E-state index is 10.8. The minimum atomic E-state index is -0.916. The molecule has 0 saturated carbocycles. The first-order valence-corrected chi connectivity index (χ1v) is 5.16. The zero-order chi connectivity index (χ0) is 11.9. The average Bonchev–Trinajstić information content (AvgIpc) is 2.08. The van der Waals surface area contributed by atoms with Crippen LogP contribution in [0.3, 0.4) is 0 Å². The highest BCUT2D eigenvalue weighted by Crippen LogP contribution is 2.20. The minimum Gasteiger partial charge on any atom is -0.465 e. The van der Waals surface area contributed by atoms with Gasteiger partial charge in [0.2, 0.25) is 0 Å². The predicted octanol–water partition coefficient (Wildman–Crippen LogP) is 1.68. The molecule has 0 atom stereocenters. The molecule has 0 radical (unpaired) electrons. The average molecular weight is 218 g/mol. The Bertz CT molecular complexity index is 190. The van der Waals surface area contributed by atoms with Crippen molar-refractivity contribution < 1.29 is 14.7 Å². The molecule has 0 heterocycles. The normalized spacial score (nSPS) is 11.5. The summed E-state index contributed by atoms with van der Waals surface area (Å²) in [4.78, 5) is 16.5. The van der Waals surface area contributed by atoms with Crippen LogP contribution in [0.1, 0.15) is 33.6 Å². The van der Waals surface area contributed by atoms with E-state index >= 15 is 0 Å². The summed E-state index contributed by atoms with van der Waals surface area (Å²) >= 11 is 0. The van der Waals surface area contributed by atoms with E-state index in [0.29, 0.717) is 13.1 Å². The summed E-state index contributed by atoms with van der Waals surface area (Å²) in [5.74, 6) is 4.86. The summed E-state index contributed by atoms with van der Waals surface area (Å²) in [6.07, 6.45) is 0.946. The number of hydrogen-bond donors (Lipinski definition) is 2. The highest BCUT2D eigenvalue weighted by atomic mass is 16.6. The predicted molar refractivity (Wildman–Crippen MR) is 58.4 cm³/mol. The van der Waals surface area contributed by atoms with Gasteiger partial charge in [0, 0.05) is 13.1 Å². The number of hydrogen-bond acceptors (Lipinski definition) is 3. The highest BCUT2D eigenvalue weighted by molar-refractivity contribution is 5.64. The van der Waals surface area contributed by atoms with Crippen molar-refractivity contribution in [1.29, 1.82) is 0 Å². The Morgan fingerprint density at radius 1 is 1.40 bits per heavy atom. The third-order valence-corrected chi connectivity index (χ3v) is 2.10. The third kappa shape index (κ3) is 8.20. The number of carbonyl (C=O) groups is 1. The van der Waals surface area contributed by atoms with E-state index in [1.54, 1.807) is 0 Å². The lowest BCUT2D eigenvalue weighted by atomic mass is 9.90. The van der Waals surface area contributed by atoms with Crippen molar-refractivity contribution in [2.45, 2.75) is 33.6 Å². The first kappa shape index (κ1) is 14.2. The Labute approximate surface area is 91.1 Å². The first-order chi connectivity index (χ1) is 6.87. The highest BCUT2D eigenvalue weighted by Gasteiger charge is 2.14. The largest absolute Gasteiger partial charge is 0.465 e. The van der Waals surface area contributed by atoms with Gasteiger partial charge in [0.25, 0.3) is 0 Å². The molecular weight excluding hydrogens is 196 g/mol. The van der Waals surface area contributed by atoms with Crippen molar-refractivity contribution >= 4 is 6.09 Å². The number of nitrogens with zero attached hydrogens (tertiary/aromatic N) is 1. The molecule has 0 aromatic rings. The molecule has 0 aliphatic heterocycles. The lowest BCUT2D eigenvalue weighted by Gasteiger charge is -2.22. The van der Waals surface area contributed by atoms with E-state index in [4.69, 9.17) is 11.0 Å². The topological polar surface area (TPSA) is 75.8 Å². The van der Waals surface area contributed by atoms with Gasteiger partial charge in [-0.2, -0.15) is 0 Å². The Morgan fingerprint density at radius 2 is 2.00 bits per heavy atom. The molecule has 90 valence electrons. The summed E-state index contributed by atoms with van der Waals surface area (Å²) in [5.41, 5.74) is 0.245. The molecule has 0 aliphatic carbocycles. The van der Waals surface area contributed by atoms with Gasteiger partial charge >= 0.3 is 6.09 Å². The van der Waals surface area contributed by atoms with Crippen LogP contribution in [-0.2, 0) is 4.84 Å². The fourth-order valence-electron chi connectivity index (χ4n) is 1.27. The zero-order valence-electron chi connectivity index (χ0n) is 9.82. The van der Waals surface area contributed by atoms with E-state index in [0.717, 1.165) is 12.8 Å². The quantitative estimate of drug-likeness (QED) is 0.665. The van der Waals surface area contributed by atoms with Crippen molar-refractivity contribution in [3.8, 4) is 0 Å². The Hall–Kier alpha value is -0.810. The van der Waals surface area contributed by atoms with Gasteiger partial charge in [0.05, 0.1) is 6.61 Å². The molecule has 5 heteroatoms. The van der Waals surface area contributed by atoms with Gasteiger partial charge in [0.1, 0.15) is 0 Å². The molecule has 0 spiro atoms. The molecule has 0 aromatic heterocycles. The van der Waals surface area contributed by atoms with E-state index in [1.165, 1.54) is 4.90 Å². The molecule has 3 N–H and O–H groups in total. The van der Waals surface area contributed by atoms with Gasteiger partial charge in [0.15, 0.2) is 0 Å². The Kier molecular flexibility index (Phi) is 6.27. The molecular formula is C10H22N2O3. The molecule has 0 saturated heterocycles. The van der Waals surface area contributed by atoms with Gasteiger partial charge in [-0.15, -0.1) is 0 Å². The molecule has 0 fully saturated rings. The lowest BCUT2D eigenvalue weighted by molar-refractivity contribution is 0.0936. The fourth-order valence-corrected chi connectivity index (χ4v) is 1.27. The lowest BCUT2D eigenvalue weighted by Crippen LogP contribution is -2.34. The monoisotopic (exact) mass is 218 g/mol. The Balaban J connectivity index is 3.81. The van der Waals surface area contributed by atoms with Gasteiger partial charge in [-0.25, -0.2) is 10.7 Å². The van der Waals surface area contributed by atoms with Gasteiger partial charge < -0.3 is 14.8 Å². The SMILES string of the molecule is CC(C)(C)CCCN(CCON)C(=O)O. The minimum absolute atomic E-state index is 0.238. The molecule has 5 nitrogen and oxygen atoms in total. The molecule has 0 aromatic carbocycles. The smallest absolute Gasteiger partial charge is 0.407 e. The summed E-state index contributed by atoms with van der Waals surface area (Å²) in [7, 11) is 0. The van der Waals surface area contributed by atoms with Crippen LogP contribution < -0.4 is 5.90 Å². The number of amides is 1. The number of carboxylic acid groups (broad SMARTS) is 1. The van der Waals surface area contributed by atoms with Crippen molar-refractivity contribution in [3.05, 3.63) is 0 Å². The van der Waals surface area contributed by atoms with E-state index < -0.39 is 6.09 Å². The van der Waals surface area contributed by atoms with Gasteiger partial charge in [-0.3, -0.25) is 0 Å². The molecule has 0 bridgehead atoms. The van der Waals surface area contributed by atoms with Crippen molar-refractivity contribution in [2.24, 2.45) is 11.3 Å². The van der Waals surface area contributed by atoms with Crippen molar-refractivity contribution in [1.82, 2.24) is 4.90 Å². The fraction of sp³-hybridized carbons (Fsp3) is 0.900. The second kappa shape index (κ2) is 6.63. The molecule has 0 rings (SSSR count). The van der Waals surface area contributed by atoms with Crippen molar-refractivity contribution in [2.75, 3.05) is 19.7 Å². The van der Waals surface area contributed by atoms with Crippen LogP contribution >= 0.6 is 0 Å². The van der Waals surface area contributed by atoms with E-state index in [1.807, 2.05) is 0 Å². The van der Waals surface area contributed by atoms with E-state index in [9.17, 15) is 4.79 Å². The van der Waals surface area contributed by atoms with E-state index in [-0.39, 0.29) is 12.0 Å². The second-order valence-corrected chi connectivity index (χ2v) is 4.80. The van der Waals surface area contributed by atoms with Crippen LogP contribution in [-0.4, -0.2) is 35.8 Å². The summed E-state index contributed by atoms with van der Waals surface area (Å²) in [6.45, 7) is 7.52. The van der Waals surface area contributed by atoms with Crippen LogP contribution in [0.2, 0.25) is 0 Å². The van der Waals surface area contributed by atoms with Crippen LogP contribution in [0.4, 0.5) is 4.79 Å². The van der Waals surface area contributed by atoms with Crippen LogP contribution in [0.25, 0.3) is 0 Å². The first-order valence-electron chi connectivity index (χ1n) is 5.16. The van der Waals surface area contributed by atoms with Crippen LogP contribution in [0.5, 0.6) is 0 Å². The molecule has 0 unspecified atom stereocenters. The maximum Gasteiger partial charge on any atom is 0.407 e. The summed E-state index contributed by atoms with van der Waals surface area (Å²) in [5, 5.41) is 8.86. The second-order valence-electron chi connectivity index (χ2n) is 4.80. The van der Waals surface area contributed by atoms with Crippen LogP contribution in [0.15, 0.2) is 0 Å². The number of nitrogens with two attached hydrogens (primary N) is 1. The Morgan fingerprint density at radius 3 is 2.40 bits per heavy atom. The standard InChI is InChI=1S/C10H22N2O3/c1-10(2,3)5-4-6-12(9(13)14)7-8-15-11/h4-8,11H2,1-3H3,(H,13,14). The van der Waals surface area contributed by atoms with Gasteiger partial charge in [-0.1, -0.05) is 20.8 Å². The summed E-state index contributed by atoms with van der Waals surface area (Å²) < 4.78 is 0. The molecule has 0 aliphatic rings. The van der Waals surface area contributed by atoms with E-state index in [2.05, 4.69) is 25.6 Å². The zero-order valence-corrected chi connectivity index (χ0v) is 9.82. The van der Waals surface area contributed by atoms with Crippen molar-refractivity contribution in [3.63, 3.8) is 0 Å².